The monoisotopic (exact) mass is 453 g/mol. The molecule has 0 spiro atoms. The molecule has 8 heteroatoms. The zero-order valence-corrected chi connectivity index (χ0v) is 18.8. The number of aliphatic carboxylic acids is 1. The molecule has 1 unspecified atom stereocenters. The highest BCUT2D eigenvalue weighted by molar-refractivity contribution is 5.69. The summed E-state index contributed by atoms with van der Waals surface area (Å²) in [6, 6.07) is 9.36. The Bertz CT molecular complexity index is 1100. The van der Waals surface area contributed by atoms with Crippen LogP contribution in [-0.2, 0) is 11.3 Å². The first kappa shape index (κ1) is 24.4. The van der Waals surface area contributed by atoms with Crippen LogP contribution in [0, 0.1) is 0 Å². The molecule has 4 N–H and O–H groups in total. The van der Waals surface area contributed by atoms with Gasteiger partial charge in [0.25, 0.3) is 0 Å². The van der Waals surface area contributed by atoms with Gasteiger partial charge in [-0.1, -0.05) is 31.2 Å². The van der Waals surface area contributed by atoms with Crippen molar-refractivity contribution < 1.29 is 24.9 Å². The summed E-state index contributed by atoms with van der Waals surface area (Å²) in [6.45, 7) is 7.78. The molecule has 1 aromatic heterocycles. The first-order chi connectivity index (χ1) is 15.9. The van der Waals surface area contributed by atoms with Gasteiger partial charge in [0.15, 0.2) is 6.23 Å². The van der Waals surface area contributed by atoms with Gasteiger partial charge in [0.2, 0.25) is 0 Å². The summed E-state index contributed by atoms with van der Waals surface area (Å²) in [6.07, 6.45) is 5.53. The van der Waals surface area contributed by atoms with Crippen LogP contribution < -0.4 is 20.5 Å². The van der Waals surface area contributed by atoms with Gasteiger partial charge in [0, 0.05) is 17.0 Å². The fourth-order valence-corrected chi connectivity index (χ4v) is 3.75. The van der Waals surface area contributed by atoms with Crippen LogP contribution in [-0.4, -0.2) is 50.8 Å². The molecule has 3 rings (SSSR count). The minimum absolute atomic E-state index is 0.0450. The highest BCUT2D eigenvalue weighted by Crippen LogP contribution is 2.18. The Hall–Kier alpha value is -3.20. The third-order valence-corrected chi connectivity index (χ3v) is 5.50. The van der Waals surface area contributed by atoms with Gasteiger partial charge in [-0.3, -0.25) is 15.0 Å². The number of aliphatic hydroxyl groups excluding tert-OH is 1. The molecular formula is C25H31N3O5. The van der Waals surface area contributed by atoms with Gasteiger partial charge >= 0.3 is 5.97 Å². The Labute approximate surface area is 193 Å². The molecule has 1 fully saturated rings. The minimum atomic E-state index is -1.45. The number of aliphatic hydroxyl groups is 1. The standard InChI is InChI=1S/C25H31N3O5/c1-3-18(33-19-10-6-4-7-11-19)14-20-17(2)24(31)23(25(32)26-15-22(29)30)27-21(20)16-28-12-8-5-9-13-28/h3-4,6-7,10-11,14,25-26,31-32H,2,5,8-9,12-13,15-16H2,1H3,(H,29,30)/b18-3+,20-14+. The fraction of sp³-hybridized carbons (Fsp3) is 0.360. The van der Waals surface area contributed by atoms with Crippen LogP contribution in [0.25, 0.3) is 12.7 Å². The highest BCUT2D eigenvalue weighted by Gasteiger charge is 2.20. The number of pyridine rings is 1. The number of nitrogens with zero attached hydrogens (tertiary/aromatic N) is 2. The Kier molecular flexibility index (Phi) is 8.59. The summed E-state index contributed by atoms with van der Waals surface area (Å²) in [5, 5.41) is 33.4. The van der Waals surface area contributed by atoms with Crippen molar-refractivity contribution in [3.63, 3.8) is 0 Å². The van der Waals surface area contributed by atoms with E-state index in [-0.39, 0.29) is 11.4 Å². The summed E-state index contributed by atoms with van der Waals surface area (Å²) >= 11 is 0. The average molecular weight is 454 g/mol. The minimum Gasteiger partial charge on any atom is -0.505 e. The van der Waals surface area contributed by atoms with E-state index in [1.807, 2.05) is 43.3 Å². The van der Waals surface area contributed by atoms with Crippen LogP contribution in [0.1, 0.15) is 43.8 Å². The zero-order chi connectivity index (χ0) is 23.8. The second-order valence-electron chi connectivity index (χ2n) is 7.95. The number of allylic oxidation sites excluding steroid dienone is 2. The van der Waals surface area contributed by atoms with Crippen molar-refractivity contribution in [1.82, 2.24) is 15.2 Å². The summed E-state index contributed by atoms with van der Waals surface area (Å²) < 4.78 is 5.98. The zero-order valence-electron chi connectivity index (χ0n) is 18.8. The molecule has 0 radical (unpaired) electrons. The lowest BCUT2D eigenvalue weighted by atomic mass is 10.1. The lowest BCUT2D eigenvalue weighted by molar-refractivity contribution is -0.136. The van der Waals surface area contributed by atoms with Crippen LogP contribution in [0.2, 0.25) is 0 Å². The number of aromatic nitrogens is 1. The maximum atomic E-state index is 10.9. The number of carbonyl (C=O) groups is 1. The van der Waals surface area contributed by atoms with Crippen LogP contribution in [0.15, 0.2) is 42.2 Å². The molecule has 1 saturated heterocycles. The number of carboxylic acid groups (broad SMARTS) is 1. The second-order valence-corrected chi connectivity index (χ2v) is 7.95. The predicted octanol–water partition coefficient (Wildman–Crippen LogP) is 1.61. The van der Waals surface area contributed by atoms with Gasteiger partial charge in [-0.2, -0.15) is 0 Å². The van der Waals surface area contributed by atoms with Gasteiger partial charge in [0.1, 0.15) is 23.0 Å². The number of likely N-dealkylation sites (tertiary alicyclic amines) is 1. The molecule has 2 heterocycles. The van der Waals surface area contributed by atoms with Gasteiger partial charge in [-0.25, -0.2) is 4.98 Å². The lowest BCUT2D eigenvalue weighted by Gasteiger charge is -2.26. The van der Waals surface area contributed by atoms with Crippen molar-refractivity contribution in [3.8, 4) is 11.5 Å². The summed E-state index contributed by atoms with van der Waals surface area (Å²) in [4.78, 5) is 17.7. The molecule has 0 aliphatic carbocycles. The summed E-state index contributed by atoms with van der Waals surface area (Å²) in [5.41, 5.74) is 0.582. The number of para-hydroxylation sites is 1. The number of piperidine rings is 1. The van der Waals surface area contributed by atoms with Gasteiger partial charge in [-0.15, -0.1) is 0 Å². The second kappa shape index (κ2) is 11.6. The largest absolute Gasteiger partial charge is 0.505 e. The summed E-state index contributed by atoms with van der Waals surface area (Å²) in [7, 11) is 0. The average Bonchev–Trinajstić information content (AvgIpc) is 2.82. The van der Waals surface area contributed by atoms with Crippen LogP contribution in [0.4, 0.5) is 0 Å². The molecule has 2 aromatic rings. The SMILES string of the molecule is C=c1c(O)c(C(O)NCC(=O)O)nc(CN2CCCCC2)/c1=C/C(=C\C)Oc1ccccc1. The smallest absolute Gasteiger partial charge is 0.317 e. The van der Waals surface area contributed by atoms with Gasteiger partial charge in [0.05, 0.1) is 12.2 Å². The molecule has 0 bridgehead atoms. The van der Waals surface area contributed by atoms with E-state index in [0.29, 0.717) is 34.2 Å². The van der Waals surface area contributed by atoms with E-state index in [1.165, 1.54) is 6.42 Å². The maximum absolute atomic E-state index is 10.9. The van der Waals surface area contributed by atoms with Crippen LogP contribution in [0.3, 0.4) is 0 Å². The normalized spacial score (nSPS) is 16.5. The third kappa shape index (κ3) is 6.64. The van der Waals surface area contributed by atoms with E-state index >= 15 is 0 Å². The molecule has 8 nitrogen and oxygen atoms in total. The Morgan fingerprint density at radius 2 is 1.97 bits per heavy atom. The molecule has 1 aliphatic heterocycles. The first-order valence-corrected chi connectivity index (χ1v) is 11.1. The van der Waals surface area contributed by atoms with Gasteiger partial charge in [-0.05, 0) is 57.1 Å². The number of aromatic hydroxyl groups is 1. The quantitative estimate of drug-likeness (QED) is 0.334. The van der Waals surface area contributed by atoms with Crippen molar-refractivity contribution in [2.45, 2.75) is 39.0 Å². The van der Waals surface area contributed by atoms with E-state index in [2.05, 4.69) is 21.8 Å². The van der Waals surface area contributed by atoms with Gasteiger partial charge < -0.3 is 20.1 Å². The highest BCUT2D eigenvalue weighted by atomic mass is 16.5. The van der Waals surface area contributed by atoms with E-state index < -0.39 is 18.7 Å². The Balaban J connectivity index is 2.04. The lowest BCUT2D eigenvalue weighted by Crippen LogP contribution is -2.38. The fourth-order valence-electron chi connectivity index (χ4n) is 3.75. The number of nitrogens with one attached hydrogen (secondary N) is 1. The molecule has 0 amide bonds. The number of hydrogen-bond donors (Lipinski definition) is 4. The topological polar surface area (TPSA) is 115 Å². The number of hydrogen-bond acceptors (Lipinski definition) is 7. The van der Waals surface area contributed by atoms with Crippen molar-refractivity contribution in [2.75, 3.05) is 19.6 Å². The van der Waals surface area contributed by atoms with Crippen LogP contribution >= 0.6 is 0 Å². The van der Waals surface area contributed by atoms with Crippen LogP contribution in [0.5, 0.6) is 11.5 Å². The van der Waals surface area contributed by atoms with Crippen molar-refractivity contribution in [2.24, 2.45) is 0 Å². The molecule has 1 atom stereocenters. The van der Waals surface area contributed by atoms with Crippen molar-refractivity contribution in [1.29, 1.82) is 0 Å². The number of rotatable bonds is 9. The summed E-state index contributed by atoms with van der Waals surface area (Å²) in [5.74, 6) is -0.182. The molecular weight excluding hydrogens is 422 g/mol. The molecule has 0 saturated carbocycles. The Morgan fingerprint density at radius 3 is 2.61 bits per heavy atom. The van der Waals surface area contributed by atoms with Crippen molar-refractivity contribution in [3.05, 3.63) is 64.0 Å². The number of benzene rings is 1. The van der Waals surface area contributed by atoms with E-state index in [1.54, 1.807) is 6.08 Å². The van der Waals surface area contributed by atoms with Crippen molar-refractivity contribution >= 4 is 18.6 Å². The molecule has 1 aliphatic rings. The maximum Gasteiger partial charge on any atom is 0.317 e. The number of carboxylic acids is 1. The third-order valence-electron chi connectivity index (χ3n) is 5.50. The first-order valence-electron chi connectivity index (χ1n) is 11.1. The molecule has 1 aromatic carbocycles. The number of ether oxygens (including phenoxy) is 1. The van der Waals surface area contributed by atoms with E-state index in [0.717, 1.165) is 25.9 Å². The van der Waals surface area contributed by atoms with E-state index in [4.69, 9.17) is 9.84 Å². The Morgan fingerprint density at radius 1 is 1.27 bits per heavy atom. The molecule has 33 heavy (non-hydrogen) atoms. The molecule has 176 valence electrons. The predicted molar refractivity (Wildman–Crippen MR) is 126 cm³/mol. The van der Waals surface area contributed by atoms with E-state index in [9.17, 15) is 15.0 Å².